The van der Waals surface area contributed by atoms with Gasteiger partial charge in [0.2, 0.25) is 10.0 Å². The van der Waals surface area contributed by atoms with E-state index in [4.69, 9.17) is 16.3 Å². The third kappa shape index (κ3) is 6.30. The number of nitrogens with one attached hydrogen (secondary N) is 1. The van der Waals surface area contributed by atoms with E-state index in [1.54, 1.807) is 17.0 Å². The minimum Gasteiger partial charge on any atom is -0.444 e. The molecule has 4 rings (SSSR count). The summed E-state index contributed by atoms with van der Waals surface area (Å²) in [6.07, 6.45) is 0.273. The van der Waals surface area contributed by atoms with Gasteiger partial charge in [-0.05, 0) is 62.4 Å². The van der Waals surface area contributed by atoms with E-state index in [1.807, 2.05) is 32.9 Å². The van der Waals surface area contributed by atoms with Crippen molar-refractivity contribution in [1.29, 1.82) is 0 Å². The van der Waals surface area contributed by atoms with Crippen LogP contribution in [0.2, 0.25) is 5.02 Å². The Bertz CT molecular complexity index is 1350. The summed E-state index contributed by atoms with van der Waals surface area (Å²) < 4.78 is 33.5. The van der Waals surface area contributed by atoms with Crippen LogP contribution in [-0.4, -0.2) is 57.7 Å². The lowest BCUT2D eigenvalue weighted by Gasteiger charge is -2.37. The van der Waals surface area contributed by atoms with Crippen molar-refractivity contribution < 1.29 is 17.9 Å². The van der Waals surface area contributed by atoms with Crippen molar-refractivity contribution in [1.82, 2.24) is 9.62 Å². The van der Waals surface area contributed by atoms with E-state index in [-0.39, 0.29) is 17.5 Å². The number of anilines is 1. The molecular formula is C27H32ClN3O4S. The molecule has 36 heavy (non-hydrogen) atoms. The Morgan fingerprint density at radius 3 is 2.33 bits per heavy atom. The molecule has 0 saturated carbocycles. The van der Waals surface area contributed by atoms with Crippen LogP contribution in [0.25, 0.3) is 10.8 Å². The van der Waals surface area contributed by atoms with Crippen molar-refractivity contribution in [3.63, 3.8) is 0 Å². The number of hydrogen-bond donors (Lipinski definition) is 1. The number of sulfonamides is 1. The van der Waals surface area contributed by atoms with Gasteiger partial charge in [0.1, 0.15) is 5.60 Å². The average molecular weight is 530 g/mol. The molecule has 0 spiro atoms. The Kier molecular flexibility index (Phi) is 7.78. The molecule has 1 aliphatic heterocycles. The number of carbonyl (C=O) groups is 1. The number of halogens is 1. The fraction of sp³-hybridized carbons (Fsp3) is 0.370. The Balaban J connectivity index is 1.45. The van der Waals surface area contributed by atoms with Crippen LogP contribution in [0.5, 0.6) is 0 Å². The van der Waals surface area contributed by atoms with E-state index in [9.17, 15) is 13.2 Å². The molecule has 0 atom stereocenters. The smallest absolute Gasteiger partial charge is 0.410 e. The summed E-state index contributed by atoms with van der Waals surface area (Å²) in [6.45, 7) is 8.49. The maximum absolute atomic E-state index is 12.6. The molecule has 0 unspecified atom stereocenters. The molecule has 0 radical (unpaired) electrons. The molecule has 1 heterocycles. The molecule has 1 amide bonds. The van der Waals surface area contributed by atoms with E-state index in [2.05, 4.69) is 33.9 Å². The van der Waals surface area contributed by atoms with Gasteiger partial charge in [-0.1, -0.05) is 48.0 Å². The van der Waals surface area contributed by atoms with Gasteiger partial charge < -0.3 is 14.5 Å². The summed E-state index contributed by atoms with van der Waals surface area (Å²) in [7, 11) is -3.64. The number of carbonyl (C=O) groups excluding carboxylic acids is 1. The largest absolute Gasteiger partial charge is 0.444 e. The van der Waals surface area contributed by atoms with E-state index >= 15 is 0 Å². The molecule has 1 N–H and O–H groups in total. The molecule has 1 aliphatic rings. The number of fused-ring (bicyclic) bond motifs is 1. The average Bonchev–Trinajstić information content (AvgIpc) is 2.83. The molecule has 192 valence electrons. The van der Waals surface area contributed by atoms with Gasteiger partial charge in [-0.2, -0.15) is 0 Å². The summed E-state index contributed by atoms with van der Waals surface area (Å²) in [5, 5.41) is 2.58. The Morgan fingerprint density at radius 1 is 0.972 bits per heavy atom. The number of nitrogens with zero attached hydrogens (tertiary/aromatic N) is 2. The molecule has 1 saturated heterocycles. The first kappa shape index (κ1) is 26.3. The van der Waals surface area contributed by atoms with Crippen LogP contribution < -0.4 is 9.62 Å². The molecule has 0 aromatic heterocycles. The number of amides is 1. The predicted molar refractivity (Wildman–Crippen MR) is 144 cm³/mol. The van der Waals surface area contributed by atoms with Crippen molar-refractivity contribution >= 4 is 44.2 Å². The van der Waals surface area contributed by atoms with Crippen LogP contribution in [-0.2, 0) is 21.2 Å². The van der Waals surface area contributed by atoms with Gasteiger partial charge in [0.05, 0.1) is 4.90 Å². The predicted octanol–water partition coefficient (Wildman–Crippen LogP) is 5.07. The molecule has 9 heteroatoms. The SMILES string of the molecule is CC(C)(C)OC(=O)N1CCN(c2ccc(CCNS(=O)(=O)c3cccc(Cl)c3)c3ccccc23)CC1. The van der Waals surface area contributed by atoms with Crippen LogP contribution in [0.1, 0.15) is 26.3 Å². The Hall–Kier alpha value is -2.81. The zero-order valence-electron chi connectivity index (χ0n) is 20.8. The second-order valence-corrected chi connectivity index (χ2v) is 12.1. The van der Waals surface area contributed by atoms with Gasteiger partial charge in [0, 0.05) is 48.8 Å². The van der Waals surface area contributed by atoms with Gasteiger partial charge in [0.25, 0.3) is 0 Å². The number of benzene rings is 3. The van der Waals surface area contributed by atoms with E-state index in [0.717, 1.165) is 22.0 Å². The lowest BCUT2D eigenvalue weighted by molar-refractivity contribution is 0.0240. The quantitative estimate of drug-likeness (QED) is 0.482. The Morgan fingerprint density at radius 2 is 1.67 bits per heavy atom. The first-order valence-corrected chi connectivity index (χ1v) is 13.9. The molecule has 3 aromatic rings. The van der Waals surface area contributed by atoms with Crippen LogP contribution in [0, 0.1) is 0 Å². The maximum atomic E-state index is 12.6. The number of hydrogen-bond acceptors (Lipinski definition) is 5. The van der Waals surface area contributed by atoms with Crippen molar-refractivity contribution in [2.45, 2.75) is 37.7 Å². The van der Waals surface area contributed by atoms with Gasteiger partial charge >= 0.3 is 6.09 Å². The summed E-state index contributed by atoms with van der Waals surface area (Å²) in [6, 6.07) is 18.5. The standard InChI is InChI=1S/C27H32ClN3O4S/c1-27(2,3)35-26(32)31-17-15-30(16-18-31)25-12-11-20(23-9-4-5-10-24(23)25)13-14-29-36(33,34)22-8-6-7-21(28)19-22/h4-12,19,29H,13-18H2,1-3H3. The van der Waals surface area contributed by atoms with Crippen molar-refractivity contribution in [2.24, 2.45) is 0 Å². The second-order valence-electron chi connectivity index (χ2n) is 9.85. The molecular weight excluding hydrogens is 498 g/mol. The molecule has 7 nitrogen and oxygen atoms in total. The van der Waals surface area contributed by atoms with Crippen LogP contribution in [0.3, 0.4) is 0 Å². The van der Waals surface area contributed by atoms with E-state index in [0.29, 0.717) is 37.6 Å². The normalized spacial score (nSPS) is 14.8. The minimum atomic E-state index is -3.64. The zero-order valence-corrected chi connectivity index (χ0v) is 22.4. The fourth-order valence-corrected chi connectivity index (χ4v) is 5.67. The monoisotopic (exact) mass is 529 g/mol. The van der Waals surface area contributed by atoms with Crippen LogP contribution in [0.15, 0.2) is 65.6 Å². The first-order valence-electron chi connectivity index (χ1n) is 12.0. The van der Waals surface area contributed by atoms with Crippen LogP contribution >= 0.6 is 11.6 Å². The van der Waals surface area contributed by atoms with Crippen molar-refractivity contribution in [3.05, 3.63) is 71.2 Å². The van der Waals surface area contributed by atoms with Gasteiger partial charge in [-0.25, -0.2) is 17.9 Å². The number of ether oxygens (including phenoxy) is 1. The topological polar surface area (TPSA) is 79.0 Å². The van der Waals surface area contributed by atoms with E-state index in [1.165, 1.54) is 12.1 Å². The van der Waals surface area contributed by atoms with Crippen molar-refractivity contribution in [3.8, 4) is 0 Å². The highest BCUT2D eigenvalue weighted by atomic mass is 35.5. The van der Waals surface area contributed by atoms with E-state index < -0.39 is 15.6 Å². The lowest BCUT2D eigenvalue weighted by atomic mass is 10.00. The minimum absolute atomic E-state index is 0.153. The third-order valence-corrected chi connectivity index (χ3v) is 7.75. The lowest BCUT2D eigenvalue weighted by Crippen LogP contribution is -2.50. The molecule has 0 aliphatic carbocycles. The fourth-order valence-electron chi connectivity index (χ4n) is 4.33. The summed E-state index contributed by atoms with van der Waals surface area (Å²) in [4.78, 5) is 16.6. The Labute approximate surface area is 218 Å². The first-order chi connectivity index (χ1) is 17.0. The number of rotatable bonds is 6. The zero-order chi connectivity index (χ0) is 25.9. The number of piperazine rings is 1. The highest BCUT2D eigenvalue weighted by molar-refractivity contribution is 7.89. The highest BCUT2D eigenvalue weighted by Crippen LogP contribution is 2.31. The van der Waals surface area contributed by atoms with Gasteiger partial charge in [0.15, 0.2) is 0 Å². The summed E-state index contributed by atoms with van der Waals surface area (Å²) in [5.74, 6) is 0. The summed E-state index contributed by atoms with van der Waals surface area (Å²) in [5.41, 5.74) is 1.66. The molecule has 0 bridgehead atoms. The van der Waals surface area contributed by atoms with Crippen LogP contribution in [0.4, 0.5) is 10.5 Å². The third-order valence-electron chi connectivity index (χ3n) is 6.06. The summed E-state index contributed by atoms with van der Waals surface area (Å²) >= 11 is 5.95. The highest BCUT2D eigenvalue weighted by Gasteiger charge is 2.26. The van der Waals surface area contributed by atoms with Gasteiger partial charge in [-0.15, -0.1) is 0 Å². The van der Waals surface area contributed by atoms with Crippen molar-refractivity contribution in [2.75, 3.05) is 37.6 Å². The second kappa shape index (κ2) is 10.7. The molecule has 1 fully saturated rings. The molecule has 3 aromatic carbocycles. The van der Waals surface area contributed by atoms with Gasteiger partial charge in [-0.3, -0.25) is 0 Å². The maximum Gasteiger partial charge on any atom is 0.410 e.